The molecule has 1 aromatic rings. The van der Waals surface area contributed by atoms with Crippen molar-refractivity contribution < 1.29 is 0 Å². The van der Waals surface area contributed by atoms with Gasteiger partial charge in [-0.1, -0.05) is 57.7 Å². The lowest BCUT2D eigenvalue weighted by molar-refractivity contribution is 1.12. The van der Waals surface area contributed by atoms with Crippen molar-refractivity contribution in [1.29, 1.82) is 0 Å². The maximum atomic E-state index is 4.80. The minimum Gasteiger partial charge on any atom is -0.247 e. The lowest BCUT2D eigenvalue weighted by Crippen LogP contribution is -2.20. The molecule has 0 amide bonds. The molecule has 0 spiro atoms. The molecule has 0 heterocycles. The standard InChI is InChI=1S/C15H25NSSi/c1-13(2)17-15(11-12-18(3,4)5)16-14-9-7-6-8-10-14/h6-10,13H,11-12H2,1-5H3. The Morgan fingerprint density at radius 1 is 1.17 bits per heavy atom. The molecule has 1 nitrogen and oxygen atoms in total. The molecule has 0 fully saturated rings. The molecule has 18 heavy (non-hydrogen) atoms. The van der Waals surface area contributed by atoms with Gasteiger partial charge in [0.2, 0.25) is 0 Å². The molecule has 1 aromatic carbocycles. The van der Waals surface area contributed by atoms with Crippen molar-refractivity contribution >= 4 is 30.6 Å². The number of hydrogen-bond acceptors (Lipinski definition) is 2. The number of hydrogen-bond donors (Lipinski definition) is 0. The van der Waals surface area contributed by atoms with Crippen LogP contribution in [0.5, 0.6) is 0 Å². The maximum absolute atomic E-state index is 4.80. The van der Waals surface area contributed by atoms with Crippen LogP contribution in [0, 0.1) is 0 Å². The summed E-state index contributed by atoms with van der Waals surface area (Å²) in [5.74, 6) is 0. The van der Waals surface area contributed by atoms with Crippen LogP contribution in [0.3, 0.4) is 0 Å². The molecule has 100 valence electrons. The molecule has 0 aliphatic carbocycles. The Morgan fingerprint density at radius 3 is 2.28 bits per heavy atom. The molecule has 0 unspecified atom stereocenters. The van der Waals surface area contributed by atoms with E-state index in [0.717, 1.165) is 12.1 Å². The Kier molecular flexibility index (Phi) is 6.16. The van der Waals surface area contributed by atoms with Crippen molar-refractivity contribution in [3.63, 3.8) is 0 Å². The average molecular weight is 280 g/mol. The van der Waals surface area contributed by atoms with Gasteiger partial charge in [-0.3, -0.25) is 0 Å². The van der Waals surface area contributed by atoms with E-state index in [0.29, 0.717) is 5.25 Å². The van der Waals surface area contributed by atoms with Crippen LogP contribution in [0.25, 0.3) is 0 Å². The normalized spacial score (nSPS) is 13.1. The first-order valence-corrected chi connectivity index (χ1v) is 11.2. The summed E-state index contributed by atoms with van der Waals surface area (Å²) in [6.07, 6.45) is 1.13. The quantitative estimate of drug-likeness (QED) is 0.389. The summed E-state index contributed by atoms with van der Waals surface area (Å²) >= 11 is 1.91. The fourth-order valence-corrected chi connectivity index (χ4v) is 3.63. The third-order valence-corrected chi connectivity index (χ3v) is 5.26. The van der Waals surface area contributed by atoms with Crippen LogP contribution in [0.4, 0.5) is 5.69 Å². The average Bonchev–Trinajstić information content (AvgIpc) is 2.25. The van der Waals surface area contributed by atoms with E-state index in [-0.39, 0.29) is 0 Å². The topological polar surface area (TPSA) is 12.4 Å². The number of rotatable bonds is 5. The largest absolute Gasteiger partial charge is 0.247 e. The number of para-hydroxylation sites is 1. The summed E-state index contributed by atoms with van der Waals surface area (Å²) in [7, 11) is -0.982. The van der Waals surface area contributed by atoms with Crippen molar-refractivity contribution in [3.05, 3.63) is 30.3 Å². The zero-order valence-corrected chi connectivity index (χ0v) is 14.1. The second-order valence-corrected chi connectivity index (χ2v) is 13.3. The van der Waals surface area contributed by atoms with Gasteiger partial charge in [0.15, 0.2) is 0 Å². The van der Waals surface area contributed by atoms with Gasteiger partial charge < -0.3 is 0 Å². The van der Waals surface area contributed by atoms with Crippen LogP contribution >= 0.6 is 11.8 Å². The van der Waals surface area contributed by atoms with Crippen molar-refractivity contribution in [3.8, 4) is 0 Å². The Morgan fingerprint density at radius 2 is 1.78 bits per heavy atom. The summed E-state index contributed by atoms with van der Waals surface area (Å²) in [5.41, 5.74) is 1.08. The maximum Gasteiger partial charge on any atom is 0.0738 e. The van der Waals surface area contributed by atoms with E-state index in [1.165, 1.54) is 11.1 Å². The summed E-state index contributed by atoms with van der Waals surface area (Å²) in [6, 6.07) is 11.6. The van der Waals surface area contributed by atoms with Crippen molar-refractivity contribution in [2.75, 3.05) is 0 Å². The van der Waals surface area contributed by atoms with Gasteiger partial charge in [0, 0.05) is 13.3 Å². The molecular formula is C15H25NSSi. The van der Waals surface area contributed by atoms with E-state index in [2.05, 4.69) is 57.8 Å². The van der Waals surface area contributed by atoms with Crippen molar-refractivity contribution in [1.82, 2.24) is 0 Å². The second-order valence-electron chi connectivity index (χ2n) is 6.07. The van der Waals surface area contributed by atoms with Gasteiger partial charge in [0.05, 0.1) is 10.7 Å². The molecule has 0 bridgehead atoms. The van der Waals surface area contributed by atoms with Crippen LogP contribution in [-0.4, -0.2) is 18.4 Å². The lowest BCUT2D eigenvalue weighted by Gasteiger charge is -2.17. The molecule has 0 aliphatic heterocycles. The number of benzene rings is 1. The third-order valence-electron chi connectivity index (χ3n) is 2.47. The SMILES string of the molecule is CC(C)SC(CC[Si](C)(C)C)=Nc1ccccc1. The van der Waals surface area contributed by atoms with Gasteiger partial charge in [-0.05, 0) is 18.6 Å². The smallest absolute Gasteiger partial charge is 0.0738 e. The zero-order chi connectivity index (χ0) is 13.6. The molecule has 0 N–H and O–H groups in total. The highest BCUT2D eigenvalue weighted by Crippen LogP contribution is 2.23. The summed E-state index contributed by atoms with van der Waals surface area (Å²) in [4.78, 5) is 4.80. The predicted molar refractivity (Wildman–Crippen MR) is 89.0 cm³/mol. The van der Waals surface area contributed by atoms with Crippen LogP contribution in [0.15, 0.2) is 35.3 Å². The monoisotopic (exact) mass is 279 g/mol. The minimum absolute atomic E-state index is 0.606. The lowest BCUT2D eigenvalue weighted by atomic mass is 10.3. The Balaban J connectivity index is 2.75. The fraction of sp³-hybridized carbons (Fsp3) is 0.533. The van der Waals surface area contributed by atoms with Gasteiger partial charge >= 0.3 is 0 Å². The van der Waals surface area contributed by atoms with Crippen molar-refractivity contribution in [2.24, 2.45) is 4.99 Å². The fourth-order valence-electron chi connectivity index (χ4n) is 1.54. The van der Waals surface area contributed by atoms with Crippen LogP contribution in [0.2, 0.25) is 25.7 Å². The molecular weight excluding hydrogens is 254 g/mol. The van der Waals surface area contributed by atoms with Crippen molar-refractivity contribution in [2.45, 2.75) is 51.2 Å². The van der Waals surface area contributed by atoms with E-state index in [9.17, 15) is 0 Å². The van der Waals surface area contributed by atoms with E-state index >= 15 is 0 Å². The third kappa shape index (κ3) is 7.02. The first-order chi connectivity index (χ1) is 8.37. The molecule has 0 saturated heterocycles. The minimum atomic E-state index is -0.982. The van der Waals surface area contributed by atoms with E-state index < -0.39 is 8.07 Å². The number of aliphatic imine (C=N–C) groups is 1. The highest BCUT2D eigenvalue weighted by molar-refractivity contribution is 8.14. The second kappa shape index (κ2) is 7.15. The predicted octanol–water partition coefficient (Wildman–Crippen LogP) is 5.59. The molecule has 0 radical (unpaired) electrons. The molecule has 0 aliphatic rings. The first-order valence-electron chi connectivity index (χ1n) is 6.66. The summed E-state index contributed by atoms with van der Waals surface area (Å²) in [6.45, 7) is 11.7. The first kappa shape index (κ1) is 15.5. The van der Waals surface area contributed by atoms with Crippen LogP contribution < -0.4 is 0 Å². The van der Waals surface area contributed by atoms with Gasteiger partial charge in [-0.15, -0.1) is 11.8 Å². The number of nitrogens with zero attached hydrogens (tertiary/aromatic N) is 1. The highest BCUT2D eigenvalue weighted by atomic mass is 32.2. The van der Waals surface area contributed by atoms with E-state index in [4.69, 9.17) is 4.99 Å². The molecule has 0 aromatic heterocycles. The summed E-state index contributed by atoms with van der Waals surface area (Å²) in [5, 5.41) is 1.90. The van der Waals surface area contributed by atoms with Gasteiger partial charge in [0.25, 0.3) is 0 Å². The summed E-state index contributed by atoms with van der Waals surface area (Å²) < 4.78 is 0. The van der Waals surface area contributed by atoms with Crippen LogP contribution in [0.1, 0.15) is 20.3 Å². The van der Waals surface area contributed by atoms with Crippen LogP contribution in [-0.2, 0) is 0 Å². The molecule has 1 rings (SSSR count). The highest BCUT2D eigenvalue weighted by Gasteiger charge is 2.15. The van der Waals surface area contributed by atoms with Gasteiger partial charge in [-0.25, -0.2) is 4.99 Å². The van der Waals surface area contributed by atoms with E-state index in [1.807, 2.05) is 17.8 Å². The molecule has 3 heteroatoms. The van der Waals surface area contributed by atoms with Gasteiger partial charge in [-0.2, -0.15) is 0 Å². The molecule has 0 atom stereocenters. The van der Waals surface area contributed by atoms with E-state index in [1.54, 1.807) is 0 Å². The number of thioether (sulfide) groups is 1. The Bertz CT molecular complexity index is 379. The zero-order valence-electron chi connectivity index (χ0n) is 12.2. The molecule has 0 saturated carbocycles. The van der Waals surface area contributed by atoms with Gasteiger partial charge in [0.1, 0.15) is 0 Å². The Hall–Kier alpha value is -0.543. The Labute approximate surface area is 117 Å².